The second-order valence-corrected chi connectivity index (χ2v) is 8.40. The number of sulfonamides is 1. The van der Waals surface area contributed by atoms with Crippen LogP contribution in [0.4, 0.5) is 0 Å². The van der Waals surface area contributed by atoms with Crippen molar-refractivity contribution in [2.24, 2.45) is 0 Å². The van der Waals surface area contributed by atoms with Crippen molar-refractivity contribution in [2.45, 2.75) is 30.2 Å². The molecule has 0 bridgehead atoms. The minimum atomic E-state index is -3.53. The number of ether oxygens (including phenoxy) is 1. The lowest BCUT2D eigenvalue weighted by Gasteiger charge is -2.34. The second kappa shape index (κ2) is 7.72. The monoisotopic (exact) mass is 367 g/mol. The van der Waals surface area contributed by atoms with Crippen LogP contribution in [0.3, 0.4) is 0 Å². The predicted molar refractivity (Wildman–Crippen MR) is 94.0 cm³/mol. The molecule has 7 nitrogen and oxygen atoms in total. The van der Waals surface area contributed by atoms with E-state index in [9.17, 15) is 13.2 Å². The maximum absolute atomic E-state index is 12.7. The highest BCUT2D eigenvalue weighted by Gasteiger charge is 2.31. The summed E-state index contributed by atoms with van der Waals surface area (Å²) < 4.78 is 31.9. The van der Waals surface area contributed by atoms with Gasteiger partial charge in [-0.3, -0.25) is 4.79 Å². The molecule has 1 amide bonds. The van der Waals surface area contributed by atoms with Crippen LogP contribution in [0, 0.1) is 0 Å². The van der Waals surface area contributed by atoms with E-state index in [1.807, 2.05) is 0 Å². The number of rotatable bonds is 5. The molecule has 2 aliphatic heterocycles. The van der Waals surface area contributed by atoms with Gasteiger partial charge in [0.15, 0.2) is 0 Å². The summed E-state index contributed by atoms with van der Waals surface area (Å²) >= 11 is 0. The first kappa shape index (κ1) is 18.2. The van der Waals surface area contributed by atoms with Crippen LogP contribution in [0.1, 0.15) is 19.3 Å². The van der Waals surface area contributed by atoms with E-state index in [1.54, 1.807) is 36.3 Å². The molecular weight excluding hydrogens is 342 g/mol. The van der Waals surface area contributed by atoms with Gasteiger partial charge in [-0.1, -0.05) is 0 Å². The lowest BCUT2D eigenvalue weighted by Crippen LogP contribution is -2.51. The van der Waals surface area contributed by atoms with Crippen molar-refractivity contribution in [2.75, 3.05) is 39.8 Å². The Balaban J connectivity index is 1.57. The van der Waals surface area contributed by atoms with Crippen molar-refractivity contribution in [3.05, 3.63) is 24.3 Å². The Bertz CT molecular complexity index is 691. The SMILES string of the molecule is COc1ccc(S(=O)(=O)N2CCN(C(=O)CC3CCCN3)CC2)cc1. The maximum atomic E-state index is 12.7. The van der Waals surface area contributed by atoms with E-state index in [-0.39, 0.29) is 16.8 Å². The lowest BCUT2D eigenvalue weighted by molar-refractivity contribution is -0.132. The summed E-state index contributed by atoms with van der Waals surface area (Å²) in [7, 11) is -1.99. The largest absolute Gasteiger partial charge is 0.497 e. The Morgan fingerprint density at radius 1 is 1.20 bits per heavy atom. The van der Waals surface area contributed by atoms with Gasteiger partial charge in [0.2, 0.25) is 15.9 Å². The quantitative estimate of drug-likeness (QED) is 0.828. The molecule has 2 aliphatic rings. The van der Waals surface area contributed by atoms with Crippen molar-refractivity contribution in [1.29, 1.82) is 0 Å². The maximum Gasteiger partial charge on any atom is 0.243 e. The van der Waals surface area contributed by atoms with Gasteiger partial charge in [0.05, 0.1) is 12.0 Å². The minimum absolute atomic E-state index is 0.112. The molecule has 1 aromatic carbocycles. The average Bonchev–Trinajstić information content (AvgIpc) is 3.15. The third-order valence-electron chi connectivity index (χ3n) is 4.87. The van der Waals surface area contributed by atoms with Gasteiger partial charge in [-0.2, -0.15) is 4.31 Å². The minimum Gasteiger partial charge on any atom is -0.497 e. The standard InChI is InChI=1S/C17H25N3O4S/c1-24-15-4-6-16(7-5-15)25(22,23)20-11-9-19(10-12-20)17(21)13-14-3-2-8-18-14/h4-7,14,18H,2-3,8-13H2,1H3. The van der Waals surface area contributed by atoms with E-state index in [1.165, 1.54) is 4.31 Å². The normalized spacial score (nSPS) is 22.1. The summed E-state index contributed by atoms with van der Waals surface area (Å²) in [4.78, 5) is 14.4. The summed E-state index contributed by atoms with van der Waals surface area (Å²) in [5.74, 6) is 0.732. The van der Waals surface area contributed by atoms with Gasteiger partial charge in [-0.05, 0) is 43.7 Å². The summed E-state index contributed by atoms with van der Waals surface area (Å²) in [6.07, 6.45) is 2.66. The van der Waals surface area contributed by atoms with Crippen LogP contribution in [0.15, 0.2) is 29.2 Å². The van der Waals surface area contributed by atoms with E-state index in [4.69, 9.17) is 4.74 Å². The highest BCUT2D eigenvalue weighted by atomic mass is 32.2. The van der Waals surface area contributed by atoms with Crippen molar-refractivity contribution in [3.8, 4) is 5.75 Å². The number of benzene rings is 1. The van der Waals surface area contributed by atoms with Crippen molar-refractivity contribution in [1.82, 2.24) is 14.5 Å². The fourth-order valence-electron chi connectivity index (χ4n) is 3.35. The summed E-state index contributed by atoms with van der Waals surface area (Å²) in [5.41, 5.74) is 0. The zero-order chi connectivity index (χ0) is 17.9. The zero-order valence-corrected chi connectivity index (χ0v) is 15.3. The first-order valence-corrected chi connectivity index (χ1v) is 10.1. The number of nitrogens with one attached hydrogen (secondary N) is 1. The molecule has 0 radical (unpaired) electrons. The molecule has 25 heavy (non-hydrogen) atoms. The molecule has 0 aromatic heterocycles. The van der Waals surface area contributed by atoms with Crippen LogP contribution in [0.5, 0.6) is 5.75 Å². The van der Waals surface area contributed by atoms with Crippen LogP contribution in [-0.4, -0.2) is 69.4 Å². The van der Waals surface area contributed by atoms with Crippen molar-refractivity contribution in [3.63, 3.8) is 0 Å². The molecule has 2 fully saturated rings. The topological polar surface area (TPSA) is 79.0 Å². The Morgan fingerprint density at radius 2 is 1.88 bits per heavy atom. The first-order valence-electron chi connectivity index (χ1n) is 8.66. The Hall–Kier alpha value is -1.64. The third kappa shape index (κ3) is 4.13. The molecule has 1 N–H and O–H groups in total. The summed E-state index contributed by atoms with van der Waals surface area (Å²) in [6.45, 7) is 2.53. The smallest absolute Gasteiger partial charge is 0.243 e. The van der Waals surface area contributed by atoms with Gasteiger partial charge in [0.1, 0.15) is 5.75 Å². The number of carbonyl (C=O) groups is 1. The summed E-state index contributed by atoms with van der Waals surface area (Å²) in [6, 6.07) is 6.66. The highest BCUT2D eigenvalue weighted by molar-refractivity contribution is 7.89. The number of nitrogens with zero attached hydrogens (tertiary/aromatic N) is 2. The summed E-state index contributed by atoms with van der Waals surface area (Å²) in [5, 5.41) is 3.33. The predicted octanol–water partition coefficient (Wildman–Crippen LogP) is 0.670. The molecular formula is C17H25N3O4S. The molecule has 0 saturated carbocycles. The fourth-order valence-corrected chi connectivity index (χ4v) is 4.77. The van der Waals surface area contributed by atoms with Crippen molar-refractivity contribution >= 4 is 15.9 Å². The van der Waals surface area contributed by atoms with E-state index in [0.717, 1.165) is 19.4 Å². The van der Waals surface area contributed by atoms with Gasteiger partial charge in [0, 0.05) is 38.6 Å². The average molecular weight is 367 g/mol. The van der Waals surface area contributed by atoms with Crippen LogP contribution >= 0.6 is 0 Å². The van der Waals surface area contributed by atoms with Gasteiger partial charge >= 0.3 is 0 Å². The van der Waals surface area contributed by atoms with E-state index >= 15 is 0 Å². The third-order valence-corrected chi connectivity index (χ3v) is 6.78. The number of piperazine rings is 1. The fraction of sp³-hybridized carbons (Fsp3) is 0.588. The molecule has 0 spiro atoms. The Labute approximate surface area is 149 Å². The van der Waals surface area contributed by atoms with E-state index in [0.29, 0.717) is 38.3 Å². The number of hydrogen-bond acceptors (Lipinski definition) is 5. The molecule has 0 aliphatic carbocycles. The molecule has 8 heteroatoms. The number of carbonyl (C=O) groups excluding carboxylic acids is 1. The molecule has 1 atom stereocenters. The van der Waals surface area contributed by atoms with Gasteiger partial charge in [-0.25, -0.2) is 8.42 Å². The number of methoxy groups -OCH3 is 1. The van der Waals surface area contributed by atoms with Gasteiger partial charge < -0.3 is 15.0 Å². The van der Waals surface area contributed by atoms with Crippen LogP contribution < -0.4 is 10.1 Å². The Morgan fingerprint density at radius 3 is 2.44 bits per heavy atom. The second-order valence-electron chi connectivity index (χ2n) is 6.46. The van der Waals surface area contributed by atoms with E-state index in [2.05, 4.69) is 5.32 Å². The van der Waals surface area contributed by atoms with Crippen LogP contribution in [0.2, 0.25) is 0 Å². The van der Waals surface area contributed by atoms with Gasteiger partial charge in [-0.15, -0.1) is 0 Å². The highest BCUT2D eigenvalue weighted by Crippen LogP contribution is 2.21. The van der Waals surface area contributed by atoms with E-state index < -0.39 is 10.0 Å². The number of hydrogen-bond donors (Lipinski definition) is 1. The van der Waals surface area contributed by atoms with Crippen LogP contribution in [-0.2, 0) is 14.8 Å². The molecule has 138 valence electrons. The zero-order valence-electron chi connectivity index (χ0n) is 14.5. The lowest BCUT2D eigenvalue weighted by atomic mass is 10.1. The molecule has 2 saturated heterocycles. The molecule has 1 aromatic rings. The molecule has 1 unspecified atom stereocenters. The molecule has 3 rings (SSSR count). The van der Waals surface area contributed by atoms with Crippen LogP contribution in [0.25, 0.3) is 0 Å². The Kier molecular flexibility index (Phi) is 5.61. The number of amides is 1. The van der Waals surface area contributed by atoms with Crippen molar-refractivity contribution < 1.29 is 17.9 Å². The van der Waals surface area contributed by atoms with Gasteiger partial charge in [0.25, 0.3) is 0 Å². The molecule has 2 heterocycles. The first-order chi connectivity index (χ1) is 12.0.